The molecule has 0 atom stereocenters. The monoisotopic (exact) mass is 151 g/mol. The molecule has 0 aromatic carbocycles. The molecule has 0 aromatic heterocycles. The van der Waals surface area contributed by atoms with Crippen LogP contribution in [-0.4, -0.2) is 8.80 Å². The van der Waals surface area contributed by atoms with Gasteiger partial charge < -0.3 is 0 Å². The van der Waals surface area contributed by atoms with Crippen molar-refractivity contribution in [3.8, 4) is 0 Å². The minimum atomic E-state index is 0.238. The van der Waals surface area contributed by atoms with Crippen LogP contribution < -0.4 is 0 Å². The second-order valence-electron chi connectivity index (χ2n) is 4.32. The molecule has 1 radical (unpaired) electrons. The van der Waals surface area contributed by atoms with E-state index in [4.69, 9.17) is 0 Å². The molecule has 0 amide bonds. The summed E-state index contributed by atoms with van der Waals surface area (Å²) in [5.74, 6) is 0. The fourth-order valence-electron chi connectivity index (χ4n) is 2.25. The minimum absolute atomic E-state index is 0.238. The minimum Gasteiger partial charge on any atom is -0.0530 e. The van der Waals surface area contributed by atoms with Crippen molar-refractivity contribution < 1.29 is 0 Å². The fraction of sp³-hybridized carbons (Fsp3) is 1.00. The highest BCUT2D eigenvalue weighted by atomic mass is 28.3. The second kappa shape index (κ2) is 1.88. The number of hydrogen-bond donors (Lipinski definition) is 0. The molecule has 55 valence electrons. The van der Waals surface area contributed by atoms with Crippen molar-refractivity contribution in [1.29, 1.82) is 0 Å². The van der Waals surface area contributed by atoms with Gasteiger partial charge >= 0.3 is 0 Å². The molecule has 0 saturated heterocycles. The molecule has 3 saturated carbocycles. The van der Waals surface area contributed by atoms with E-state index in [1.165, 1.54) is 16.6 Å². The van der Waals surface area contributed by atoms with Crippen molar-refractivity contribution in [2.75, 3.05) is 0 Å². The van der Waals surface area contributed by atoms with Crippen LogP contribution in [0.25, 0.3) is 0 Å². The Morgan fingerprint density at radius 1 is 0.600 bits per heavy atom. The lowest BCUT2D eigenvalue weighted by Gasteiger charge is -2.10. The van der Waals surface area contributed by atoms with E-state index < -0.39 is 0 Å². The van der Waals surface area contributed by atoms with Crippen LogP contribution in [0.4, 0.5) is 0 Å². The van der Waals surface area contributed by atoms with Crippen LogP contribution in [0.5, 0.6) is 0 Å². The van der Waals surface area contributed by atoms with Crippen molar-refractivity contribution in [1.82, 2.24) is 0 Å². The third-order valence-electron chi connectivity index (χ3n) is 3.15. The van der Waals surface area contributed by atoms with Gasteiger partial charge in [0, 0.05) is 0 Å². The Bertz CT molecular complexity index is 114. The molecule has 1 heteroatoms. The van der Waals surface area contributed by atoms with Gasteiger partial charge in [0.15, 0.2) is 0 Å². The summed E-state index contributed by atoms with van der Waals surface area (Å²) < 4.78 is 0. The highest BCUT2D eigenvalue weighted by molar-refractivity contribution is 6.66. The summed E-state index contributed by atoms with van der Waals surface area (Å²) in [6, 6.07) is 0. The van der Waals surface area contributed by atoms with E-state index in [0.717, 1.165) is 0 Å². The molecule has 0 spiro atoms. The lowest BCUT2D eigenvalue weighted by molar-refractivity contribution is 1.18. The maximum absolute atomic E-state index is 1.63. The van der Waals surface area contributed by atoms with Gasteiger partial charge in [0.1, 0.15) is 0 Å². The summed E-state index contributed by atoms with van der Waals surface area (Å²) in [6.45, 7) is 0. The Hall–Kier alpha value is 0.217. The molecular weight excluding hydrogens is 136 g/mol. The SMILES string of the molecule is C1CC1[Si](C1CC1)C1CC1. The first-order chi connectivity index (χ1) is 4.95. The predicted octanol–water partition coefficient (Wildman–Crippen LogP) is 2.97. The smallest absolute Gasteiger partial charge is 0.0530 e. The first kappa shape index (κ1) is 5.82. The van der Waals surface area contributed by atoms with Gasteiger partial charge in [-0.2, -0.15) is 0 Å². The molecule has 0 bridgehead atoms. The van der Waals surface area contributed by atoms with Gasteiger partial charge in [-0.15, -0.1) is 0 Å². The van der Waals surface area contributed by atoms with E-state index in [2.05, 4.69) is 0 Å². The van der Waals surface area contributed by atoms with Gasteiger partial charge in [0.2, 0.25) is 0 Å². The molecule has 0 unspecified atom stereocenters. The van der Waals surface area contributed by atoms with Crippen LogP contribution >= 0.6 is 0 Å². The maximum Gasteiger partial charge on any atom is 0.0578 e. The average molecular weight is 151 g/mol. The topological polar surface area (TPSA) is 0 Å². The molecule has 0 N–H and O–H groups in total. The fourth-order valence-corrected chi connectivity index (χ4v) is 6.75. The van der Waals surface area contributed by atoms with E-state index in [1.807, 2.05) is 0 Å². The van der Waals surface area contributed by atoms with Gasteiger partial charge in [0.25, 0.3) is 0 Å². The third-order valence-corrected chi connectivity index (χ3v) is 7.71. The maximum atomic E-state index is 1.63. The molecule has 0 aromatic rings. The highest BCUT2D eigenvalue weighted by Gasteiger charge is 2.49. The van der Waals surface area contributed by atoms with Crippen LogP contribution in [0, 0.1) is 0 Å². The molecule has 3 aliphatic rings. The van der Waals surface area contributed by atoms with Gasteiger partial charge in [-0.3, -0.25) is 0 Å². The average Bonchev–Trinajstić information content (AvgIpc) is 2.78. The zero-order chi connectivity index (χ0) is 6.55. The van der Waals surface area contributed by atoms with Crippen molar-refractivity contribution in [2.24, 2.45) is 0 Å². The van der Waals surface area contributed by atoms with Crippen molar-refractivity contribution in [3.05, 3.63) is 0 Å². The normalized spacial score (nSPS) is 33.3. The summed E-state index contributed by atoms with van der Waals surface area (Å²) in [6.07, 6.45) is 9.76. The Morgan fingerprint density at radius 2 is 0.900 bits per heavy atom. The molecule has 0 aliphatic heterocycles. The standard InChI is InChI=1S/C9H15Si/c1-2-7(1)10(8-3-4-8)9-5-6-9/h7-9H,1-6H2. The van der Waals surface area contributed by atoms with Gasteiger partial charge in [-0.05, 0) is 16.6 Å². The first-order valence-corrected chi connectivity index (χ1v) is 6.55. The van der Waals surface area contributed by atoms with Crippen LogP contribution in [0.2, 0.25) is 16.6 Å². The van der Waals surface area contributed by atoms with Crippen molar-refractivity contribution in [2.45, 2.75) is 55.1 Å². The summed E-state index contributed by atoms with van der Waals surface area (Å²) >= 11 is 0. The summed E-state index contributed by atoms with van der Waals surface area (Å²) in [5, 5.41) is 0. The van der Waals surface area contributed by atoms with E-state index >= 15 is 0 Å². The molecule has 3 rings (SSSR count). The van der Waals surface area contributed by atoms with E-state index in [1.54, 1.807) is 38.5 Å². The highest BCUT2D eigenvalue weighted by Crippen LogP contribution is 2.60. The van der Waals surface area contributed by atoms with Crippen LogP contribution in [-0.2, 0) is 0 Å². The van der Waals surface area contributed by atoms with Gasteiger partial charge in [-0.1, -0.05) is 38.5 Å². The largest absolute Gasteiger partial charge is 0.0578 e. The first-order valence-electron chi connectivity index (χ1n) is 4.82. The second-order valence-corrected chi connectivity index (χ2v) is 7.77. The molecule has 3 fully saturated rings. The number of rotatable bonds is 3. The van der Waals surface area contributed by atoms with E-state index in [-0.39, 0.29) is 8.80 Å². The molecule has 0 nitrogen and oxygen atoms in total. The van der Waals surface area contributed by atoms with Gasteiger partial charge in [0.05, 0.1) is 8.80 Å². The van der Waals surface area contributed by atoms with Crippen LogP contribution in [0.15, 0.2) is 0 Å². The molecule has 10 heavy (non-hydrogen) atoms. The Labute approximate surface area is 64.6 Å². The Balaban J connectivity index is 1.69. The summed E-state index contributed by atoms with van der Waals surface area (Å²) in [7, 11) is 0.238. The van der Waals surface area contributed by atoms with Crippen molar-refractivity contribution in [3.63, 3.8) is 0 Å². The quantitative estimate of drug-likeness (QED) is 0.544. The lowest BCUT2D eigenvalue weighted by Crippen LogP contribution is -2.12. The zero-order valence-corrected chi connectivity index (χ0v) is 7.47. The summed E-state index contributed by atoms with van der Waals surface area (Å²) in [5.41, 5.74) is 3.93. The van der Waals surface area contributed by atoms with Crippen LogP contribution in [0.3, 0.4) is 0 Å². The number of hydrogen-bond acceptors (Lipinski definition) is 0. The van der Waals surface area contributed by atoms with Gasteiger partial charge in [-0.25, -0.2) is 0 Å². The Morgan fingerprint density at radius 3 is 1.10 bits per heavy atom. The lowest BCUT2D eigenvalue weighted by atomic mass is 10.9. The van der Waals surface area contributed by atoms with Crippen molar-refractivity contribution >= 4 is 8.80 Å². The Kier molecular flexibility index (Phi) is 1.09. The van der Waals surface area contributed by atoms with E-state index in [0.29, 0.717) is 0 Å². The molecule has 0 heterocycles. The van der Waals surface area contributed by atoms with E-state index in [9.17, 15) is 0 Å². The summed E-state index contributed by atoms with van der Waals surface area (Å²) in [4.78, 5) is 0. The predicted molar refractivity (Wildman–Crippen MR) is 44.7 cm³/mol. The molecular formula is C9H15Si. The zero-order valence-electron chi connectivity index (χ0n) is 6.47. The third kappa shape index (κ3) is 0.951. The van der Waals surface area contributed by atoms with Crippen LogP contribution in [0.1, 0.15) is 38.5 Å². The molecule has 3 aliphatic carbocycles.